The monoisotopic (exact) mass is 321 g/mol. The Labute approximate surface area is 138 Å². The lowest BCUT2D eigenvalue weighted by atomic mass is 10.1. The fraction of sp³-hybridized carbons (Fsp3) is 0.111. The number of carbonyl (C=O) groups excluding carboxylic acids is 2. The summed E-state index contributed by atoms with van der Waals surface area (Å²) in [5.74, 6) is -0.746. The van der Waals surface area contributed by atoms with Crippen LogP contribution in [0.1, 0.15) is 26.4 Å². The molecule has 0 atom stereocenters. The normalized spacial score (nSPS) is 10.4. The van der Waals surface area contributed by atoms with Crippen molar-refractivity contribution in [3.63, 3.8) is 0 Å². The summed E-state index contributed by atoms with van der Waals surface area (Å²) in [6, 6.07) is 12.2. The van der Waals surface area contributed by atoms with Crippen molar-refractivity contribution in [2.45, 2.75) is 6.54 Å². The van der Waals surface area contributed by atoms with Crippen LogP contribution in [0.15, 0.2) is 54.9 Å². The topological polar surface area (TPSA) is 81.2 Å². The molecule has 0 radical (unpaired) electrons. The molecule has 0 aliphatic carbocycles. The molecule has 1 aromatic carbocycles. The second-order valence-electron chi connectivity index (χ2n) is 5.10. The maximum atomic E-state index is 12.3. The molecule has 1 amide bonds. The maximum Gasteiger partial charge on any atom is 0.338 e. The number of amides is 1. The predicted octanol–water partition coefficient (Wildman–Crippen LogP) is 2.35. The zero-order chi connectivity index (χ0) is 16.9. The van der Waals surface area contributed by atoms with Gasteiger partial charge in [-0.25, -0.2) is 9.78 Å². The van der Waals surface area contributed by atoms with Crippen molar-refractivity contribution in [3.8, 4) is 0 Å². The number of rotatable bonds is 4. The summed E-state index contributed by atoms with van der Waals surface area (Å²) in [6.07, 6.45) is 3.32. The zero-order valence-electron chi connectivity index (χ0n) is 13.0. The average molecular weight is 321 g/mol. The van der Waals surface area contributed by atoms with Crippen LogP contribution in [0.3, 0.4) is 0 Å². The van der Waals surface area contributed by atoms with E-state index in [1.807, 2.05) is 0 Å². The number of hydrogen-bond donors (Lipinski definition) is 1. The lowest BCUT2D eigenvalue weighted by Gasteiger charge is -2.09. The first-order valence-corrected chi connectivity index (χ1v) is 7.34. The minimum atomic E-state index is -0.434. The highest BCUT2D eigenvalue weighted by Crippen LogP contribution is 2.12. The number of pyridine rings is 2. The van der Waals surface area contributed by atoms with E-state index in [0.717, 1.165) is 5.39 Å². The number of nitrogens with one attached hydrogen (secondary N) is 1. The molecule has 0 spiro atoms. The summed E-state index contributed by atoms with van der Waals surface area (Å²) in [6.45, 7) is 0.209. The van der Waals surface area contributed by atoms with E-state index in [1.54, 1.807) is 54.9 Å². The lowest BCUT2D eigenvalue weighted by Crippen LogP contribution is -2.25. The van der Waals surface area contributed by atoms with Crippen LogP contribution in [0, 0.1) is 0 Å². The number of methoxy groups -OCH3 is 1. The molecule has 0 bridgehead atoms. The molecule has 3 rings (SSSR count). The highest BCUT2D eigenvalue weighted by molar-refractivity contribution is 5.95. The van der Waals surface area contributed by atoms with E-state index in [0.29, 0.717) is 22.3 Å². The van der Waals surface area contributed by atoms with Crippen LogP contribution in [0.2, 0.25) is 0 Å². The Morgan fingerprint density at radius 3 is 2.79 bits per heavy atom. The summed E-state index contributed by atoms with van der Waals surface area (Å²) in [5, 5.41) is 3.64. The van der Waals surface area contributed by atoms with Gasteiger partial charge in [0.15, 0.2) is 0 Å². The van der Waals surface area contributed by atoms with E-state index in [2.05, 4.69) is 15.3 Å². The number of benzene rings is 1. The highest BCUT2D eigenvalue weighted by Gasteiger charge is 2.13. The molecule has 1 N–H and O–H groups in total. The van der Waals surface area contributed by atoms with Crippen LogP contribution in [0.4, 0.5) is 0 Å². The summed E-state index contributed by atoms with van der Waals surface area (Å²) in [5.41, 5.74) is 2.12. The molecule has 2 aromatic heterocycles. The number of hydrogen-bond acceptors (Lipinski definition) is 5. The van der Waals surface area contributed by atoms with Crippen LogP contribution in [0.25, 0.3) is 10.9 Å². The molecule has 6 nitrogen and oxygen atoms in total. The number of fused-ring (bicyclic) bond motifs is 1. The van der Waals surface area contributed by atoms with Gasteiger partial charge in [-0.15, -0.1) is 0 Å². The second kappa shape index (κ2) is 6.87. The highest BCUT2D eigenvalue weighted by atomic mass is 16.5. The van der Waals surface area contributed by atoms with Crippen LogP contribution < -0.4 is 5.32 Å². The third kappa shape index (κ3) is 3.22. The Hall–Kier alpha value is -3.28. The van der Waals surface area contributed by atoms with Gasteiger partial charge in [-0.05, 0) is 29.8 Å². The molecule has 2 heterocycles. The van der Waals surface area contributed by atoms with Gasteiger partial charge in [-0.2, -0.15) is 0 Å². The summed E-state index contributed by atoms with van der Waals surface area (Å²) < 4.78 is 4.75. The molecule has 0 unspecified atom stereocenters. The Morgan fingerprint density at radius 2 is 1.96 bits per heavy atom. The molecule has 6 heteroatoms. The van der Waals surface area contributed by atoms with Gasteiger partial charge < -0.3 is 10.1 Å². The fourth-order valence-electron chi connectivity index (χ4n) is 2.34. The molecule has 120 valence electrons. The van der Waals surface area contributed by atoms with Gasteiger partial charge in [0.1, 0.15) is 5.69 Å². The van der Waals surface area contributed by atoms with Crippen LogP contribution in [-0.2, 0) is 11.3 Å². The zero-order valence-corrected chi connectivity index (χ0v) is 13.0. The minimum absolute atomic E-state index is 0.209. The fourth-order valence-corrected chi connectivity index (χ4v) is 2.34. The van der Waals surface area contributed by atoms with E-state index in [4.69, 9.17) is 4.74 Å². The van der Waals surface area contributed by atoms with Gasteiger partial charge in [-0.1, -0.05) is 18.2 Å². The number of ether oxygens (including phenoxy) is 1. The third-order valence-corrected chi connectivity index (χ3v) is 3.58. The first-order valence-electron chi connectivity index (χ1n) is 7.34. The van der Waals surface area contributed by atoms with Gasteiger partial charge in [0.2, 0.25) is 0 Å². The Balaban J connectivity index is 1.76. The molecule has 0 fully saturated rings. The minimum Gasteiger partial charge on any atom is -0.465 e. The lowest BCUT2D eigenvalue weighted by molar-refractivity contribution is 0.0598. The first-order chi connectivity index (χ1) is 11.7. The van der Waals surface area contributed by atoms with Gasteiger partial charge in [0.05, 0.1) is 18.2 Å². The molecule has 0 saturated heterocycles. The standard InChI is InChI=1S/C18H15N3O3/c1-24-18(23)14-5-3-2-4-12(14)11-20-17(22)16-7-6-13-10-19-9-8-15(13)21-16/h2-10H,11H2,1H3,(H,20,22). The van der Waals surface area contributed by atoms with Crippen molar-refractivity contribution in [2.24, 2.45) is 0 Å². The van der Waals surface area contributed by atoms with E-state index >= 15 is 0 Å². The smallest absolute Gasteiger partial charge is 0.338 e. The largest absolute Gasteiger partial charge is 0.465 e. The van der Waals surface area contributed by atoms with Crippen LogP contribution in [-0.4, -0.2) is 29.0 Å². The maximum absolute atomic E-state index is 12.3. The average Bonchev–Trinajstić information content (AvgIpc) is 2.65. The van der Waals surface area contributed by atoms with Crippen molar-refractivity contribution < 1.29 is 14.3 Å². The number of esters is 1. The Morgan fingerprint density at radius 1 is 1.12 bits per heavy atom. The number of carbonyl (C=O) groups is 2. The van der Waals surface area contributed by atoms with E-state index < -0.39 is 5.97 Å². The number of nitrogens with zero attached hydrogens (tertiary/aromatic N) is 2. The number of aromatic nitrogens is 2. The summed E-state index contributed by atoms with van der Waals surface area (Å²) >= 11 is 0. The van der Waals surface area contributed by atoms with Gasteiger partial charge >= 0.3 is 5.97 Å². The Bertz CT molecular complexity index is 909. The van der Waals surface area contributed by atoms with Crippen molar-refractivity contribution in [1.82, 2.24) is 15.3 Å². The molecular weight excluding hydrogens is 306 g/mol. The van der Waals surface area contributed by atoms with Crippen molar-refractivity contribution in [1.29, 1.82) is 0 Å². The summed E-state index contributed by atoms with van der Waals surface area (Å²) in [7, 11) is 1.32. The van der Waals surface area contributed by atoms with E-state index in [-0.39, 0.29) is 12.5 Å². The Kier molecular flexibility index (Phi) is 4.47. The van der Waals surface area contributed by atoms with Crippen molar-refractivity contribution in [3.05, 3.63) is 71.7 Å². The van der Waals surface area contributed by atoms with E-state index in [1.165, 1.54) is 7.11 Å². The van der Waals surface area contributed by atoms with Crippen LogP contribution >= 0.6 is 0 Å². The molecule has 0 saturated carbocycles. The SMILES string of the molecule is COC(=O)c1ccccc1CNC(=O)c1ccc2cnccc2n1. The molecular formula is C18H15N3O3. The van der Waals surface area contributed by atoms with Gasteiger partial charge in [0, 0.05) is 24.3 Å². The van der Waals surface area contributed by atoms with Crippen LogP contribution in [0.5, 0.6) is 0 Å². The third-order valence-electron chi connectivity index (χ3n) is 3.58. The quantitative estimate of drug-likeness (QED) is 0.746. The molecule has 0 aliphatic rings. The van der Waals surface area contributed by atoms with E-state index in [9.17, 15) is 9.59 Å². The van der Waals surface area contributed by atoms with Gasteiger partial charge in [-0.3, -0.25) is 9.78 Å². The molecule has 0 aliphatic heterocycles. The molecule has 24 heavy (non-hydrogen) atoms. The van der Waals surface area contributed by atoms with Crippen molar-refractivity contribution in [2.75, 3.05) is 7.11 Å². The first kappa shape index (κ1) is 15.6. The van der Waals surface area contributed by atoms with Crippen molar-refractivity contribution >= 4 is 22.8 Å². The van der Waals surface area contributed by atoms with Gasteiger partial charge in [0.25, 0.3) is 5.91 Å². The predicted molar refractivity (Wildman–Crippen MR) is 88.5 cm³/mol. The molecule has 3 aromatic rings. The summed E-state index contributed by atoms with van der Waals surface area (Å²) in [4.78, 5) is 32.4. The second-order valence-corrected chi connectivity index (χ2v) is 5.10.